The molecular weight excluding hydrogens is 204 g/mol. The van der Waals surface area contributed by atoms with Crippen molar-refractivity contribution < 1.29 is 4.79 Å². The van der Waals surface area contributed by atoms with Crippen LogP contribution in [0.3, 0.4) is 0 Å². The van der Waals surface area contributed by atoms with Gasteiger partial charge in [0, 0.05) is 30.2 Å². The molecule has 4 N–H and O–H groups in total. The normalized spacial score (nSPS) is 10.9. The highest BCUT2D eigenvalue weighted by atomic mass is 16.1. The largest absolute Gasteiger partial charge is 0.404 e. The van der Waals surface area contributed by atoms with Crippen LogP contribution in [0.15, 0.2) is 30.0 Å². The van der Waals surface area contributed by atoms with E-state index in [9.17, 15) is 4.79 Å². The molecular formula is C11H14N4O. The standard InChI is InChI=1S/C11H14N4O/c1-8-3-2-4-10(15-8)11(16)14-7-9(5-12)6-13/h2-6,12H,7,13H2,1H3,(H,14,16). The first-order chi connectivity index (χ1) is 7.67. The van der Waals surface area contributed by atoms with E-state index < -0.39 is 0 Å². The highest BCUT2D eigenvalue weighted by Gasteiger charge is 2.06. The smallest absolute Gasteiger partial charge is 0.270 e. The summed E-state index contributed by atoms with van der Waals surface area (Å²) in [5.41, 5.74) is 6.94. The quantitative estimate of drug-likeness (QED) is 0.646. The van der Waals surface area contributed by atoms with E-state index in [4.69, 9.17) is 11.1 Å². The van der Waals surface area contributed by atoms with Gasteiger partial charge < -0.3 is 16.5 Å². The summed E-state index contributed by atoms with van der Waals surface area (Å²) in [6.45, 7) is 2.05. The fourth-order valence-corrected chi connectivity index (χ4v) is 1.10. The predicted octanol–water partition coefficient (Wildman–Crippen LogP) is 0.612. The first-order valence-corrected chi connectivity index (χ1v) is 4.80. The Morgan fingerprint density at radius 3 is 2.94 bits per heavy atom. The molecule has 0 fully saturated rings. The summed E-state index contributed by atoms with van der Waals surface area (Å²) >= 11 is 0. The summed E-state index contributed by atoms with van der Waals surface area (Å²) in [5.74, 6) is -0.273. The van der Waals surface area contributed by atoms with Gasteiger partial charge in [-0.1, -0.05) is 6.07 Å². The van der Waals surface area contributed by atoms with E-state index in [1.54, 1.807) is 12.1 Å². The van der Waals surface area contributed by atoms with Gasteiger partial charge in [-0.25, -0.2) is 4.98 Å². The Hall–Kier alpha value is -2.17. The molecule has 1 aromatic rings. The molecule has 0 saturated carbocycles. The summed E-state index contributed by atoms with van der Waals surface area (Å²) < 4.78 is 0. The average Bonchev–Trinajstić information content (AvgIpc) is 2.30. The highest BCUT2D eigenvalue weighted by Crippen LogP contribution is 1.98. The van der Waals surface area contributed by atoms with Crippen LogP contribution in [0.5, 0.6) is 0 Å². The van der Waals surface area contributed by atoms with Gasteiger partial charge in [-0.2, -0.15) is 0 Å². The Kier molecular flexibility index (Phi) is 4.20. The lowest BCUT2D eigenvalue weighted by Gasteiger charge is -2.04. The number of rotatable bonds is 4. The van der Waals surface area contributed by atoms with Crippen LogP contribution in [0, 0.1) is 12.3 Å². The average molecular weight is 218 g/mol. The molecule has 0 saturated heterocycles. The summed E-state index contributed by atoms with van der Waals surface area (Å²) in [5, 5.41) is 9.63. The Balaban J connectivity index is 2.63. The number of aromatic nitrogens is 1. The first kappa shape index (κ1) is 11.9. The van der Waals surface area contributed by atoms with Crippen LogP contribution in [0.4, 0.5) is 0 Å². The van der Waals surface area contributed by atoms with Gasteiger partial charge in [0.25, 0.3) is 5.91 Å². The van der Waals surface area contributed by atoms with Gasteiger partial charge in [0.05, 0.1) is 0 Å². The number of hydrogen-bond acceptors (Lipinski definition) is 4. The third-order valence-corrected chi connectivity index (χ3v) is 1.97. The van der Waals surface area contributed by atoms with Gasteiger partial charge >= 0.3 is 0 Å². The molecule has 0 bridgehead atoms. The molecule has 0 spiro atoms. The number of nitrogens with two attached hydrogens (primary N) is 1. The fourth-order valence-electron chi connectivity index (χ4n) is 1.10. The second kappa shape index (κ2) is 5.65. The lowest BCUT2D eigenvalue weighted by atomic mass is 10.2. The Morgan fingerprint density at radius 2 is 2.38 bits per heavy atom. The van der Waals surface area contributed by atoms with Crippen LogP contribution < -0.4 is 11.1 Å². The van der Waals surface area contributed by atoms with Crippen LogP contribution >= 0.6 is 0 Å². The lowest BCUT2D eigenvalue weighted by Crippen LogP contribution is -2.27. The molecule has 16 heavy (non-hydrogen) atoms. The fraction of sp³-hybridized carbons (Fsp3) is 0.182. The van der Waals surface area contributed by atoms with E-state index in [0.717, 1.165) is 11.9 Å². The second-order valence-corrected chi connectivity index (χ2v) is 3.23. The highest BCUT2D eigenvalue weighted by molar-refractivity contribution is 5.93. The molecule has 1 amide bonds. The number of hydrogen-bond donors (Lipinski definition) is 3. The third kappa shape index (κ3) is 3.20. The van der Waals surface area contributed by atoms with Crippen LogP contribution in [0.25, 0.3) is 0 Å². The molecule has 1 rings (SSSR count). The van der Waals surface area contributed by atoms with Crippen molar-refractivity contribution in [3.05, 3.63) is 41.4 Å². The van der Waals surface area contributed by atoms with Crippen LogP contribution in [-0.4, -0.2) is 23.7 Å². The molecule has 0 atom stereocenters. The topological polar surface area (TPSA) is 91.9 Å². The maximum absolute atomic E-state index is 11.6. The number of pyridine rings is 1. The van der Waals surface area contributed by atoms with E-state index in [0.29, 0.717) is 11.3 Å². The zero-order chi connectivity index (χ0) is 12.0. The number of nitrogens with one attached hydrogen (secondary N) is 2. The SMILES string of the molecule is Cc1cccc(C(=O)NCC(C=N)=CN)n1. The van der Waals surface area contributed by atoms with Crippen molar-refractivity contribution in [1.82, 2.24) is 10.3 Å². The summed E-state index contributed by atoms with van der Waals surface area (Å²) in [7, 11) is 0. The Morgan fingerprint density at radius 1 is 1.62 bits per heavy atom. The summed E-state index contributed by atoms with van der Waals surface area (Å²) in [6.07, 6.45) is 2.39. The van der Waals surface area contributed by atoms with Gasteiger partial charge in [-0.05, 0) is 19.1 Å². The Labute approximate surface area is 93.9 Å². The molecule has 5 heteroatoms. The van der Waals surface area contributed by atoms with Crippen LogP contribution in [0.1, 0.15) is 16.2 Å². The maximum atomic E-state index is 11.6. The van der Waals surface area contributed by atoms with E-state index in [2.05, 4.69) is 10.3 Å². The van der Waals surface area contributed by atoms with Crippen molar-refractivity contribution in [1.29, 1.82) is 5.41 Å². The van der Waals surface area contributed by atoms with Crippen molar-refractivity contribution in [2.75, 3.05) is 6.54 Å². The molecule has 0 aliphatic carbocycles. The molecule has 0 unspecified atom stereocenters. The molecule has 0 aliphatic rings. The van der Waals surface area contributed by atoms with Gasteiger partial charge in [0.15, 0.2) is 0 Å². The minimum Gasteiger partial charge on any atom is -0.404 e. The van der Waals surface area contributed by atoms with Crippen molar-refractivity contribution in [2.45, 2.75) is 6.92 Å². The second-order valence-electron chi connectivity index (χ2n) is 3.23. The molecule has 0 radical (unpaired) electrons. The molecule has 0 aromatic carbocycles. The monoisotopic (exact) mass is 218 g/mol. The lowest BCUT2D eigenvalue weighted by molar-refractivity contribution is 0.0952. The van der Waals surface area contributed by atoms with E-state index in [1.807, 2.05) is 13.0 Å². The van der Waals surface area contributed by atoms with Crippen LogP contribution in [-0.2, 0) is 0 Å². The van der Waals surface area contributed by atoms with Crippen molar-refractivity contribution in [3.8, 4) is 0 Å². The summed E-state index contributed by atoms with van der Waals surface area (Å²) in [4.78, 5) is 15.7. The molecule has 0 aliphatic heterocycles. The third-order valence-electron chi connectivity index (χ3n) is 1.97. The molecule has 84 valence electrons. The van der Waals surface area contributed by atoms with Crippen molar-refractivity contribution >= 4 is 12.1 Å². The van der Waals surface area contributed by atoms with Gasteiger partial charge in [0.2, 0.25) is 0 Å². The zero-order valence-electron chi connectivity index (χ0n) is 9.03. The van der Waals surface area contributed by atoms with E-state index in [-0.39, 0.29) is 12.5 Å². The van der Waals surface area contributed by atoms with Gasteiger partial charge in [-0.15, -0.1) is 0 Å². The molecule has 1 heterocycles. The predicted molar refractivity (Wildman–Crippen MR) is 62.4 cm³/mol. The zero-order valence-corrected chi connectivity index (χ0v) is 9.03. The van der Waals surface area contributed by atoms with Gasteiger partial charge in [-0.3, -0.25) is 4.79 Å². The van der Waals surface area contributed by atoms with E-state index >= 15 is 0 Å². The maximum Gasteiger partial charge on any atom is 0.270 e. The number of amides is 1. The first-order valence-electron chi connectivity index (χ1n) is 4.80. The van der Waals surface area contributed by atoms with Crippen LogP contribution in [0.2, 0.25) is 0 Å². The minimum absolute atomic E-state index is 0.231. The number of nitrogens with zero attached hydrogens (tertiary/aromatic N) is 1. The number of carbonyl (C=O) groups is 1. The number of aryl methyl sites for hydroxylation is 1. The molecule has 1 aromatic heterocycles. The summed E-state index contributed by atoms with van der Waals surface area (Å²) in [6, 6.07) is 5.23. The van der Waals surface area contributed by atoms with E-state index in [1.165, 1.54) is 6.20 Å². The minimum atomic E-state index is -0.273. The van der Waals surface area contributed by atoms with Crippen molar-refractivity contribution in [2.24, 2.45) is 5.73 Å². The Bertz CT molecular complexity index is 426. The molecule has 5 nitrogen and oxygen atoms in total. The number of carbonyl (C=O) groups excluding carboxylic acids is 1. The van der Waals surface area contributed by atoms with Gasteiger partial charge in [0.1, 0.15) is 5.69 Å². The van der Waals surface area contributed by atoms with Crippen molar-refractivity contribution in [3.63, 3.8) is 0 Å².